The first kappa shape index (κ1) is 14.6. The van der Waals surface area contributed by atoms with E-state index in [2.05, 4.69) is 0 Å². The van der Waals surface area contributed by atoms with Gasteiger partial charge in [-0.15, -0.1) is 0 Å². The lowest BCUT2D eigenvalue weighted by Crippen LogP contribution is -2.50. The number of ether oxygens (including phenoxy) is 1. The van der Waals surface area contributed by atoms with Gasteiger partial charge >= 0.3 is 5.97 Å². The molecule has 1 N–H and O–H groups in total. The van der Waals surface area contributed by atoms with Crippen LogP contribution in [0.5, 0.6) is 0 Å². The highest BCUT2D eigenvalue weighted by atomic mass is 35.5. The summed E-state index contributed by atoms with van der Waals surface area (Å²) in [6.45, 7) is 3.20. The molecule has 1 saturated heterocycles. The van der Waals surface area contributed by atoms with Crippen LogP contribution in [0.4, 0.5) is 0 Å². The Morgan fingerprint density at radius 1 is 1.53 bits per heavy atom. The largest absolute Gasteiger partial charge is 0.480 e. The van der Waals surface area contributed by atoms with Gasteiger partial charge in [0, 0.05) is 22.6 Å². The number of nitrogens with zero attached hydrogens (tertiary/aromatic N) is 1. The molecule has 1 fully saturated rings. The summed E-state index contributed by atoms with van der Waals surface area (Å²) in [5.74, 6) is -0.885. The van der Waals surface area contributed by atoms with Gasteiger partial charge in [0.2, 0.25) is 0 Å². The molecule has 1 aromatic carbocycles. The zero-order valence-electron chi connectivity index (χ0n) is 10.5. The molecule has 1 heterocycles. The van der Waals surface area contributed by atoms with Gasteiger partial charge in [0.05, 0.1) is 13.2 Å². The number of rotatable bonds is 3. The van der Waals surface area contributed by atoms with Crippen molar-refractivity contribution in [3.8, 4) is 0 Å². The first-order chi connectivity index (χ1) is 9.00. The predicted molar refractivity (Wildman–Crippen MR) is 73.8 cm³/mol. The quantitative estimate of drug-likeness (QED) is 0.933. The maximum atomic E-state index is 11.3. The molecule has 104 valence electrons. The molecule has 1 aliphatic rings. The third kappa shape index (κ3) is 3.20. The minimum absolute atomic E-state index is 0.129. The van der Waals surface area contributed by atoms with Crippen molar-refractivity contribution in [2.24, 2.45) is 0 Å². The number of hydrogen-bond donors (Lipinski definition) is 1. The van der Waals surface area contributed by atoms with Crippen molar-refractivity contribution in [3.63, 3.8) is 0 Å². The number of carboxylic acid groups (broad SMARTS) is 1. The fourth-order valence-electron chi connectivity index (χ4n) is 2.31. The Kier molecular flexibility index (Phi) is 4.68. The molecule has 0 radical (unpaired) electrons. The van der Waals surface area contributed by atoms with Gasteiger partial charge in [-0.25, -0.2) is 0 Å². The second-order valence-electron chi connectivity index (χ2n) is 4.51. The molecule has 0 spiro atoms. The lowest BCUT2D eigenvalue weighted by Gasteiger charge is -2.37. The first-order valence-corrected chi connectivity index (χ1v) is 6.77. The Bertz CT molecular complexity index is 481. The summed E-state index contributed by atoms with van der Waals surface area (Å²) in [5.41, 5.74) is 0.835. The van der Waals surface area contributed by atoms with Gasteiger partial charge in [0.25, 0.3) is 0 Å². The maximum Gasteiger partial charge on any atom is 0.323 e. The van der Waals surface area contributed by atoms with Crippen LogP contribution in [0.1, 0.15) is 18.5 Å². The highest BCUT2D eigenvalue weighted by Gasteiger charge is 2.33. The minimum Gasteiger partial charge on any atom is -0.480 e. The van der Waals surface area contributed by atoms with Crippen molar-refractivity contribution in [1.82, 2.24) is 4.90 Å². The molecule has 0 saturated carbocycles. The fraction of sp³-hybridized carbons (Fsp3) is 0.462. The fourth-order valence-corrected chi connectivity index (χ4v) is 2.76. The average Bonchev–Trinajstić information content (AvgIpc) is 2.40. The van der Waals surface area contributed by atoms with E-state index in [-0.39, 0.29) is 12.6 Å². The van der Waals surface area contributed by atoms with E-state index >= 15 is 0 Å². The predicted octanol–water partition coefficient (Wildman–Crippen LogP) is 2.84. The number of halogens is 2. The molecule has 1 aliphatic heterocycles. The van der Waals surface area contributed by atoms with Crippen LogP contribution in [0.15, 0.2) is 18.2 Å². The number of hydrogen-bond acceptors (Lipinski definition) is 3. The van der Waals surface area contributed by atoms with E-state index in [0.29, 0.717) is 23.2 Å². The standard InChI is InChI=1S/C13H15Cl2NO3/c1-8(10-6-9(14)2-3-11(10)15)16-4-5-19-7-12(16)13(17)18/h2-3,6,8,12H,4-5,7H2,1H3,(H,17,18). The smallest absolute Gasteiger partial charge is 0.323 e. The zero-order chi connectivity index (χ0) is 14.0. The molecular formula is C13H15Cl2NO3. The molecule has 0 aromatic heterocycles. The molecule has 2 atom stereocenters. The lowest BCUT2D eigenvalue weighted by molar-refractivity contribution is -0.151. The number of aliphatic carboxylic acids is 1. The molecule has 0 aliphatic carbocycles. The topological polar surface area (TPSA) is 49.8 Å². The maximum absolute atomic E-state index is 11.3. The van der Waals surface area contributed by atoms with Gasteiger partial charge in [0.15, 0.2) is 0 Å². The summed E-state index contributed by atoms with van der Waals surface area (Å²) >= 11 is 12.2. The summed E-state index contributed by atoms with van der Waals surface area (Å²) in [7, 11) is 0. The summed E-state index contributed by atoms with van der Waals surface area (Å²) in [4.78, 5) is 13.2. The average molecular weight is 304 g/mol. The van der Waals surface area contributed by atoms with Crippen molar-refractivity contribution in [3.05, 3.63) is 33.8 Å². The number of benzene rings is 1. The Morgan fingerprint density at radius 2 is 2.26 bits per heavy atom. The summed E-state index contributed by atoms with van der Waals surface area (Å²) in [5, 5.41) is 10.4. The van der Waals surface area contributed by atoms with Gasteiger partial charge < -0.3 is 9.84 Å². The lowest BCUT2D eigenvalue weighted by atomic mass is 10.0. The third-order valence-corrected chi connectivity index (χ3v) is 3.94. The third-order valence-electron chi connectivity index (χ3n) is 3.36. The Morgan fingerprint density at radius 3 is 2.95 bits per heavy atom. The van der Waals surface area contributed by atoms with Crippen LogP contribution in [0.25, 0.3) is 0 Å². The molecule has 6 heteroatoms. The van der Waals surface area contributed by atoms with E-state index in [0.717, 1.165) is 5.56 Å². The van der Waals surface area contributed by atoms with Gasteiger partial charge in [-0.3, -0.25) is 9.69 Å². The minimum atomic E-state index is -0.885. The SMILES string of the molecule is CC(c1cc(Cl)ccc1Cl)N1CCOCC1C(=O)O. The molecular weight excluding hydrogens is 289 g/mol. The highest BCUT2D eigenvalue weighted by Crippen LogP contribution is 2.31. The molecule has 0 amide bonds. The first-order valence-electron chi connectivity index (χ1n) is 6.02. The second-order valence-corrected chi connectivity index (χ2v) is 5.35. The van der Waals surface area contributed by atoms with Crippen molar-refractivity contribution < 1.29 is 14.6 Å². The van der Waals surface area contributed by atoms with E-state index in [1.165, 1.54) is 0 Å². The van der Waals surface area contributed by atoms with Crippen molar-refractivity contribution in [1.29, 1.82) is 0 Å². The van der Waals surface area contributed by atoms with Crippen LogP contribution in [0, 0.1) is 0 Å². The van der Waals surface area contributed by atoms with Gasteiger partial charge in [-0.1, -0.05) is 23.2 Å². The monoisotopic (exact) mass is 303 g/mol. The van der Waals surface area contributed by atoms with Crippen LogP contribution in [-0.4, -0.2) is 41.8 Å². The van der Waals surface area contributed by atoms with Crippen molar-refractivity contribution >= 4 is 29.2 Å². The normalized spacial score (nSPS) is 22.2. The molecule has 2 rings (SSSR count). The van der Waals surface area contributed by atoms with Crippen LogP contribution < -0.4 is 0 Å². The Hall–Kier alpha value is -0.810. The number of carboxylic acids is 1. The summed E-state index contributed by atoms with van der Waals surface area (Å²) in [6.07, 6.45) is 0. The van der Waals surface area contributed by atoms with Gasteiger partial charge in [-0.2, -0.15) is 0 Å². The number of morpholine rings is 1. The van der Waals surface area contributed by atoms with Crippen LogP contribution >= 0.6 is 23.2 Å². The van der Waals surface area contributed by atoms with E-state index in [1.54, 1.807) is 18.2 Å². The van der Waals surface area contributed by atoms with Crippen LogP contribution in [0.2, 0.25) is 10.0 Å². The summed E-state index contributed by atoms with van der Waals surface area (Å²) in [6, 6.07) is 4.44. The van der Waals surface area contributed by atoms with Gasteiger partial charge in [0.1, 0.15) is 6.04 Å². The van der Waals surface area contributed by atoms with Crippen LogP contribution in [0.3, 0.4) is 0 Å². The molecule has 2 unspecified atom stereocenters. The molecule has 0 bridgehead atoms. The Labute approximate surface area is 121 Å². The van der Waals surface area contributed by atoms with E-state index in [4.69, 9.17) is 27.9 Å². The second kappa shape index (κ2) is 6.09. The van der Waals surface area contributed by atoms with E-state index in [1.807, 2.05) is 11.8 Å². The molecule has 4 nitrogen and oxygen atoms in total. The van der Waals surface area contributed by atoms with Crippen molar-refractivity contribution in [2.75, 3.05) is 19.8 Å². The van der Waals surface area contributed by atoms with Crippen molar-refractivity contribution in [2.45, 2.75) is 19.0 Å². The summed E-state index contributed by atoms with van der Waals surface area (Å²) < 4.78 is 5.23. The molecule has 1 aromatic rings. The van der Waals surface area contributed by atoms with Gasteiger partial charge in [-0.05, 0) is 30.7 Å². The van der Waals surface area contributed by atoms with E-state index < -0.39 is 12.0 Å². The highest BCUT2D eigenvalue weighted by molar-refractivity contribution is 6.33. The number of carbonyl (C=O) groups is 1. The molecule has 19 heavy (non-hydrogen) atoms. The van der Waals surface area contributed by atoms with Crippen LogP contribution in [-0.2, 0) is 9.53 Å². The Balaban J connectivity index is 2.28. The zero-order valence-corrected chi connectivity index (χ0v) is 12.0. The van der Waals surface area contributed by atoms with E-state index in [9.17, 15) is 9.90 Å².